The number of halogens is 1. The minimum absolute atomic E-state index is 0.219. The molecule has 0 bridgehead atoms. The van der Waals surface area contributed by atoms with Crippen LogP contribution in [0, 0.1) is 0 Å². The van der Waals surface area contributed by atoms with Crippen LogP contribution in [0.25, 0.3) is 0 Å². The molecule has 100 valence electrons. The van der Waals surface area contributed by atoms with Gasteiger partial charge in [0.25, 0.3) is 0 Å². The Morgan fingerprint density at radius 1 is 1.11 bits per heavy atom. The highest BCUT2D eigenvalue weighted by molar-refractivity contribution is 9.10. The van der Waals surface area contributed by atoms with E-state index in [4.69, 9.17) is 9.84 Å². The molecule has 2 aromatic rings. The van der Waals surface area contributed by atoms with Crippen molar-refractivity contribution < 1.29 is 9.84 Å². The minimum atomic E-state index is 0.219. The summed E-state index contributed by atoms with van der Waals surface area (Å²) in [6.07, 6.45) is 0.782. The van der Waals surface area contributed by atoms with E-state index in [1.165, 1.54) is 5.56 Å². The van der Waals surface area contributed by atoms with Crippen LogP contribution < -0.4 is 4.74 Å². The predicted molar refractivity (Wildman–Crippen MR) is 80.8 cm³/mol. The highest BCUT2D eigenvalue weighted by Crippen LogP contribution is 2.30. The van der Waals surface area contributed by atoms with Crippen molar-refractivity contribution in [1.82, 2.24) is 0 Å². The van der Waals surface area contributed by atoms with Crippen molar-refractivity contribution in [3.05, 3.63) is 58.6 Å². The molecule has 3 heteroatoms. The number of ether oxygens (including phenoxy) is 1. The molecule has 0 aromatic heterocycles. The first-order valence-electron chi connectivity index (χ1n) is 6.34. The summed E-state index contributed by atoms with van der Waals surface area (Å²) >= 11 is 3.46. The predicted octanol–water partition coefficient (Wildman–Crippen LogP) is 4.73. The highest BCUT2D eigenvalue weighted by Gasteiger charge is 2.06. The number of para-hydroxylation sites is 1. The lowest BCUT2D eigenvalue weighted by Crippen LogP contribution is -1.96. The van der Waals surface area contributed by atoms with E-state index < -0.39 is 0 Å². The van der Waals surface area contributed by atoms with E-state index in [9.17, 15) is 0 Å². The van der Waals surface area contributed by atoms with E-state index in [1.54, 1.807) is 0 Å². The average Bonchev–Trinajstić information content (AvgIpc) is 2.42. The summed E-state index contributed by atoms with van der Waals surface area (Å²) in [5.74, 6) is 1.98. The fourth-order valence-electron chi connectivity index (χ4n) is 1.88. The molecule has 0 radical (unpaired) electrons. The van der Waals surface area contributed by atoms with Crippen LogP contribution in [0.2, 0.25) is 0 Å². The lowest BCUT2D eigenvalue weighted by Gasteiger charge is -2.12. The Morgan fingerprint density at radius 3 is 2.42 bits per heavy atom. The Hall–Kier alpha value is -1.32. The lowest BCUT2D eigenvalue weighted by molar-refractivity contribution is 0.278. The first-order valence-corrected chi connectivity index (χ1v) is 7.13. The fraction of sp³-hybridized carbons (Fsp3) is 0.250. The van der Waals surface area contributed by atoms with Gasteiger partial charge in [-0.15, -0.1) is 0 Å². The van der Waals surface area contributed by atoms with Gasteiger partial charge in [0.05, 0.1) is 4.47 Å². The van der Waals surface area contributed by atoms with Crippen molar-refractivity contribution in [2.45, 2.75) is 19.3 Å². The van der Waals surface area contributed by atoms with Gasteiger partial charge >= 0.3 is 0 Å². The van der Waals surface area contributed by atoms with Crippen LogP contribution >= 0.6 is 15.9 Å². The molecule has 1 atom stereocenters. The van der Waals surface area contributed by atoms with Gasteiger partial charge in [0.15, 0.2) is 0 Å². The summed E-state index contributed by atoms with van der Waals surface area (Å²) in [5.41, 5.74) is 1.22. The molecule has 2 aromatic carbocycles. The van der Waals surface area contributed by atoms with Crippen LogP contribution in [-0.2, 0) is 0 Å². The molecule has 1 unspecified atom stereocenters. The van der Waals surface area contributed by atoms with E-state index in [1.807, 2.05) is 48.5 Å². The first kappa shape index (κ1) is 14.1. The molecule has 0 saturated heterocycles. The van der Waals surface area contributed by atoms with Crippen molar-refractivity contribution in [2.24, 2.45) is 0 Å². The van der Waals surface area contributed by atoms with E-state index >= 15 is 0 Å². The molecular formula is C16H17BrO2. The SMILES string of the molecule is CC(CCO)c1ccc(Oc2ccccc2Br)cc1. The maximum atomic E-state index is 8.95. The molecule has 0 spiro atoms. The van der Waals surface area contributed by atoms with Crippen molar-refractivity contribution in [3.63, 3.8) is 0 Å². The van der Waals surface area contributed by atoms with Crippen molar-refractivity contribution in [3.8, 4) is 11.5 Å². The van der Waals surface area contributed by atoms with Crippen molar-refractivity contribution in [2.75, 3.05) is 6.61 Å². The number of rotatable bonds is 5. The maximum Gasteiger partial charge on any atom is 0.141 e. The van der Waals surface area contributed by atoms with E-state index in [0.717, 1.165) is 22.4 Å². The number of hydrogen-bond donors (Lipinski definition) is 1. The number of hydrogen-bond acceptors (Lipinski definition) is 2. The molecule has 0 fully saturated rings. The Bertz CT molecular complexity index is 523. The highest BCUT2D eigenvalue weighted by atomic mass is 79.9. The zero-order valence-corrected chi connectivity index (χ0v) is 12.4. The Balaban J connectivity index is 2.09. The topological polar surface area (TPSA) is 29.5 Å². The van der Waals surface area contributed by atoms with Gasteiger partial charge in [0.2, 0.25) is 0 Å². The monoisotopic (exact) mass is 320 g/mol. The van der Waals surface area contributed by atoms with Gasteiger partial charge in [0, 0.05) is 6.61 Å². The van der Waals surface area contributed by atoms with Crippen LogP contribution in [0.4, 0.5) is 0 Å². The standard InChI is InChI=1S/C16H17BrO2/c1-12(10-11-18)13-6-8-14(9-7-13)19-16-5-3-2-4-15(16)17/h2-9,12,18H,10-11H2,1H3. The molecule has 2 rings (SSSR count). The third-order valence-corrected chi connectivity index (χ3v) is 3.73. The van der Waals surface area contributed by atoms with Crippen LogP contribution in [0.5, 0.6) is 11.5 Å². The summed E-state index contributed by atoms with van der Waals surface area (Å²) in [6, 6.07) is 15.8. The molecule has 0 aliphatic carbocycles. The zero-order chi connectivity index (χ0) is 13.7. The third kappa shape index (κ3) is 3.82. The smallest absolute Gasteiger partial charge is 0.141 e. The summed E-state index contributed by atoms with van der Waals surface area (Å²) in [5, 5.41) is 8.95. The first-order chi connectivity index (χ1) is 9.20. The molecule has 0 heterocycles. The third-order valence-electron chi connectivity index (χ3n) is 3.08. The molecule has 0 amide bonds. The normalized spacial score (nSPS) is 12.2. The molecule has 0 aliphatic rings. The zero-order valence-electron chi connectivity index (χ0n) is 10.8. The second-order valence-corrected chi connectivity index (χ2v) is 5.37. The van der Waals surface area contributed by atoms with Crippen molar-refractivity contribution >= 4 is 15.9 Å². The summed E-state index contributed by atoms with van der Waals surface area (Å²) < 4.78 is 6.75. The van der Waals surface area contributed by atoms with Crippen LogP contribution in [-0.4, -0.2) is 11.7 Å². The number of benzene rings is 2. The van der Waals surface area contributed by atoms with Gasteiger partial charge in [-0.2, -0.15) is 0 Å². The largest absolute Gasteiger partial charge is 0.456 e. The van der Waals surface area contributed by atoms with Crippen LogP contribution in [0.3, 0.4) is 0 Å². The Kier molecular flexibility index (Phi) is 5.00. The van der Waals surface area contributed by atoms with E-state index in [2.05, 4.69) is 22.9 Å². The van der Waals surface area contributed by atoms with Gasteiger partial charge in [-0.05, 0) is 58.1 Å². The van der Waals surface area contributed by atoms with Gasteiger partial charge in [-0.25, -0.2) is 0 Å². The summed E-state index contributed by atoms with van der Waals surface area (Å²) in [7, 11) is 0. The fourth-order valence-corrected chi connectivity index (χ4v) is 2.24. The van der Waals surface area contributed by atoms with Gasteiger partial charge in [0.1, 0.15) is 11.5 Å². The van der Waals surface area contributed by atoms with Crippen LogP contribution in [0.1, 0.15) is 24.8 Å². The average molecular weight is 321 g/mol. The summed E-state index contributed by atoms with van der Waals surface area (Å²) in [4.78, 5) is 0. The quantitative estimate of drug-likeness (QED) is 0.863. The molecular weight excluding hydrogens is 304 g/mol. The molecule has 0 aliphatic heterocycles. The number of aliphatic hydroxyl groups is 1. The van der Waals surface area contributed by atoms with Gasteiger partial charge < -0.3 is 9.84 Å². The molecule has 19 heavy (non-hydrogen) atoms. The van der Waals surface area contributed by atoms with Crippen molar-refractivity contribution in [1.29, 1.82) is 0 Å². The second kappa shape index (κ2) is 6.73. The van der Waals surface area contributed by atoms with Crippen LogP contribution in [0.15, 0.2) is 53.0 Å². The lowest BCUT2D eigenvalue weighted by atomic mass is 9.98. The minimum Gasteiger partial charge on any atom is -0.456 e. The molecule has 0 saturated carbocycles. The molecule has 1 N–H and O–H groups in total. The van der Waals surface area contributed by atoms with E-state index in [-0.39, 0.29) is 6.61 Å². The van der Waals surface area contributed by atoms with Gasteiger partial charge in [-0.3, -0.25) is 0 Å². The Morgan fingerprint density at radius 2 is 1.79 bits per heavy atom. The second-order valence-electron chi connectivity index (χ2n) is 4.51. The Labute approximate surface area is 122 Å². The van der Waals surface area contributed by atoms with E-state index in [0.29, 0.717) is 5.92 Å². The maximum absolute atomic E-state index is 8.95. The molecule has 2 nitrogen and oxygen atoms in total. The van der Waals surface area contributed by atoms with Gasteiger partial charge in [-0.1, -0.05) is 31.2 Å². The number of aliphatic hydroxyl groups excluding tert-OH is 1. The summed E-state index contributed by atoms with van der Waals surface area (Å²) in [6.45, 7) is 2.33.